The predicted molar refractivity (Wildman–Crippen MR) is 61.6 cm³/mol. The van der Waals surface area contributed by atoms with E-state index in [0.29, 0.717) is 11.8 Å². The molecule has 0 aromatic heterocycles. The molecule has 0 aromatic rings. The summed E-state index contributed by atoms with van der Waals surface area (Å²) < 4.78 is 0. The molecule has 16 heavy (non-hydrogen) atoms. The highest BCUT2D eigenvalue weighted by molar-refractivity contribution is 5.80. The summed E-state index contributed by atoms with van der Waals surface area (Å²) in [7, 11) is 1.77. The molecular weight excluding hydrogens is 204 g/mol. The van der Waals surface area contributed by atoms with Gasteiger partial charge in [0.25, 0.3) is 0 Å². The van der Waals surface area contributed by atoms with E-state index in [1.807, 2.05) is 6.92 Å². The summed E-state index contributed by atoms with van der Waals surface area (Å²) in [4.78, 5) is 13.9. The Hall–Kier alpha value is -0.610. The monoisotopic (exact) mass is 226 g/mol. The van der Waals surface area contributed by atoms with Crippen molar-refractivity contribution in [2.75, 3.05) is 13.7 Å². The second-order valence-electron chi connectivity index (χ2n) is 5.42. The third-order valence-corrected chi connectivity index (χ3v) is 4.54. The van der Waals surface area contributed by atoms with E-state index in [4.69, 9.17) is 10.8 Å². The number of carbonyl (C=O) groups is 1. The van der Waals surface area contributed by atoms with Gasteiger partial charge in [0.2, 0.25) is 5.91 Å². The molecule has 0 radical (unpaired) electrons. The van der Waals surface area contributed by atoms with Gasteiger partial charge in [0, 0.05) is 13.1 Å². The Morgan fingerprint density at radius 2 is 2.12 bits per heavy atom. The van der Waals surface area contributed by atoms with Gasteiger partial charge in [0.1, 0.15) is 0 Å². The van der Waals surface area contributed by atoms with Crippen LogP contribution in [0.5, 0.6) is 0 Å². The fourth-order valence-electron chi connectivity index (χ4n) is 3.28. The zero-order valence-electron chi connectivity index (χ0n) is 10.1. The Labute approximate surface area is 96.8 Å². The SMILES string of the molecule is CC(CO)N(C)C(=O)C1C2CCC(C2)C1N. The van der Waals surface area contributed by atoms with Crippen molar-refractivity contribution < 1.29 is 9.90 Å². The molecule has 0 saturated heterocycles. The van der Waals surface area contributed by atoms with Crippen molar-refractivity contribution in [3.8, 4) is 0 Å². The number of aliphatic hydroxyl groups excluding tert-OH is 1. The zero-order chi connectivity index (χ0) is 11.9. The summed E-state index contributed by atoms with van der Waals surface area (Å²) in [5.41, 5.74) is 6.13. The van der Waals surface area contributed by atoms with Gasteiger partial charge in [-0.25, -0.2) is 0 Å². The zero-order valence-corrected chi connectivity index (χ0v) is 10.1. The van der Waals surface area contributed by atoms with Crippen molar-refractivity contribution in [2.45, 2.75) is 38.3 Å². The molecule has 0 aromatic carbocycles. The number of fused-ring (bicyclic) bond motifs is 2. The van der Waals surface area contributed by atoms with Crippen LogP contribution in [-0.4, -0.2) is 41.7 Å². The van der Waals surface area contributed by atoms with E-state index in [1.54, 1.807) is 11.9 Å². The van der Waals surface area contributed by atoms with Crippen molar-refractivity contribution in [3.63, 3.8) is 0 Å². The second-order valence-corrected chi connectivity index (χ2v) is 5.42. The standard InChI is InChI=1S/C12H22N2O2/c1-7(6-15)14(2)12(16)10-8-3-4-9(5-8)11(10)13/h7-11,15H,3-6,13H2,1-2H3. The quantitative estimate of drug-likeness (QED) is 0.722. The summed E-state index contributed by atoms with van der Waals surface area (Å²) >= 11 is 0. The van der Waals surface area contributed by atoms with Gasteiger partial charge in [0.15, 0.2) is 0 Å². The fraction of sp³-hybridized carbons (Fsp3) is 0.917. The molecule has 1 amide bonds. The number of aliphatic hydroxyl groups is 1. The molecule has 92 valence electrons. The molecule has 2 rings (SSSR count). The molecular formula is C12H22N2O2. The molecule has 0 spiro atoms. The van der Waals surface area contributed by atoms with Crippen LogP contribution in [0.3, 0.4) is 0 Å². The predicted octanol–water partition coefficient (Wildman–Crippen LogP) is 0.199. The van der Waals surface area contributed by atoms with E-state index < -0.39 is 0 Å². The molecule has 5 unspecified atom stereocenters. The molecule has 3 N–H and O–H groups in total. The van der Waals surface area contributed by atoms with Gasteiger partial charge in [-0.15, -0.1) is 0 Å². The number of hydrogen-bond donors (Lipinski definition) is 2. The third kappa shape index (κ3) is 1.74. The maximum atomic E-state index is 12.3. The lowest BCUT2D eigenvalue weighted by Gasteiger charge is -2.33. The highest BCUT2D eigenvalue weighted by Gasteiger charge is 2.50. The van der Waals surface area contributed by atoms with E-state index >= 15 is 0 Å². The van der Waals surface area contributed by atoms with Gasteiger partial charge in [-0.05, 0) is 38.0 Å². The summed E-state index contributed by atoms with van der Waals surface area (Å²) in [6, 6.07) is -0.0709. The van der Waals surface area contributed by atoms with Crippen LogP contribution in [0.4, 0.5) is 0 Å². The Kier molecular flexibility index (Phi) is 3.22. The molecule has 0 aliphatic heterocycles. The Balaban J connectivity index is 2.05. The largest absolute Gasteiger partial charge is 0.394 e. The molecule has 4 nitrogen and oxygen atoms in total. The third-order valence-electron chi connectivity index (χ3n) is 4.54. The van der Waals surface area contributed by atoms with Crippen LogP contribution >= 0.6 is 0 Å². The lowest BCUT2D eigenvalue weighted by Crippen LogP contribution is -2.49. The van der Waals surface area contributed by atoms with Gasteiger partial charge in [-0.2, -0.15) is 0 Å². The van der Waals surface area contributed by atoms with Crippen LogP contribution in [0.2, 0.25) is 0 Å². The molecule has 2 aliphatic carbocycles. The van der Waals surface area contributed by atoms with E-state index in [2.05, 4.69) is 0 Å². The highest BCUT2D eigenvalue weighted by Crippen LogP contribution is 2.48. The minimum Gasteiger partial charge on any atom is -0.394 e. The van der Waals surface area contributed by atoms with Crippen molar-refractivity contribution >= 4 is 5.91 Å². The average molecular weight is 226 g/mol. The lowest BCUT2D eigenvalue weighted by molar-refractivity contribution is -0.139. The minimum atomic E-state index is -0.112. The van der Waals surface area contributed by atoms with Gasteiger partial charge >= 0.3 is 0 Å². The summed E-state index contributed by atoms with van der Waals surface area (Å²) in [5, 5.41) is 9.07. The molecule has 2 bridgehead atoms. The number of carbonyl (C=O) groups excluding carboxylic acids is 1. The Morgan fingerprint density at radius 1 is 1.50 bits per heavy atom. The summed E-state index contributed by atoms with van der Waals surface area (Å²) in [5.74, 6) is 1.16. The number of likely N-dealkylation sites (N-methyl/N-ethyl adjacent to an activating group) is 1. The van der Waals surface area contributed by atoms with Gasteiger partial charge in [-0.1, -0.05) is 0 Å². The maximum Gasteiger partial charge on any atom is 0.227 e. The first-order chi connectivity index (χ1) is 7.56. The van der Waals surface area contributed by atoms with Crippen LogP contribution in [-0.2, 0) is 4.79 Å². The number of nitrogens with zero attached hydrogens (tertiary/aromatic N) is 1. The Bertz CT molecular complexity index is 280. The molecule has 2 saturated carbocycles. The molecule has 2 fully saturated rings. The molecule has 2 aliphatic rings. The average Bonchev–Trinajstić information content (AvgIpc) is 2.86. The van der Waals surface area contributed by atoms with Crippen molar-refractivity contribution in [1.82, 2.24) is 4.90 Å². The minimum absolute atomic E-state index is 0.00208. The van der Waals surface area contributed by atoms with E-state index in [0.717, 1.165) is 12.8 Å². The summed E-state index contributed by atoms with van der Waals surface area (Å²) in [6.45, 7) is 1.87. The van der Waals surface area contributed by atoms with E-state index in [-0.39, 0.29) is 30.5 Å². The van der Waals surface area contributed by atoms with Crippen LogP contribution in [0.25, 0.3) is 0 Å². The first-order valence-electron chi connectivity index (χ1n) is 6.19. The van der Waals surface area contributed by atoms with Gasteiger partial charge in [-0.3, -0.25) is 4.79 Å². The van der Waals surface area contributed by atoms with Gasteiger partial charge < -0.3 is 15.7 Å². The highest BCUT2D eigenvalue weighted by atomic mass is 16.3. The van der Waals surface area contributed by atoms with Crippen LogP contribution < -0.4 is 5.73 Å². The second kappa shape index (κ2) is 4.34. The summed E-state index contributed by atoms with van der Waals surface area (Å²) in [6.07, 6.45) is 3.46. The number of rotatable bonds is 3. The lowest BCUT2D eigenvalue weighted by atomic mass is 9.84. The van der Waals surface area contributed by atoms with Gasteiger partial charge in [0.05, 0.1) is 18.6 Å². The number of nitrogens with two attached hydrogens (primary N) is 1. The molecule has 0 heterocycles. The fourth-order valence-corrected chi connectivity index (χ4v) is 3.28. The number of hydrogen-bond acceptors (Lipinski definition) is 3. The molecule has 4 heteroatoms. The van der Waals surface area contributed by atoms with Crippen molar-refractivity contribution in [3.05, 3.63) is 0 Å². The first kappa shape index (κ1) is 11.9. The van der Waals surface area contributed by atoms with E-state index in [9.17, 15) is 4.79 Å². The smallest absolute Gasteiger partial charge is 0.227 e. The van der Waals surface area contributed by atoms with Crippen LogP contribution in [0.15, 0.2) is 0 Å². The maximum absolute atomic E-state index is 12.3. The number of amides is 1. The van der Waals surface area contributed by atoms with Crippen LogP contribution in [0, 0.1) is 17.8 Å². The van der Waals surface area contributed by atoms with E-state index in [1.165, 1.54) is 6.42 Å². The van der Waals surface area contributed by atoms with Crippen LogP contribution in [0.1, 0.15) is 26.2 Å². The van der Waals surface area contributed by atoms with Crippen molar-refractivity contribution in [2.24, 2.45) is 23.5 Å². The Morgan fingerprint density at radius 3 is 2.62 bits per heavy atom. The topological polar surface area (TPSA) is 66.6 Å². The molecule has 5 atom stereocenters. The first-order valence-corrected chi connectivity index (χ1v) is 6.19. The normalized spacial score (nSPS) is 38.8. The van der Waals surface area contributed by atoms with Crippen molar-refractivity contribution in [1.29, 1.82) is 0 Å².